The minimum Gasteiger partial charge on any atom is -0.493 e. The molecule has 166 valence electrons. The van der Waals surface area contributed by atoms with E-state index in [9.17, 15) is 8.42 Å². The first-order chi connectivity index (χ1) is 14.4. The van der Waals surface area contributed by atoms with Gasteiger partial charge in [-0.3, -0.25) is 0 Å². The Morgan fingerprint density at radius 1 is 1.16 bits per heavy atom. The average Bonchev–Trinajstić information content (AvgIpc) is 3.20. The Bertz CT molecular complexity index is 1190. The third-order valence-corrected chi connectivity index (χ3v) is 5.52. The first kappa shape index (κ1) is 22.7. The molecule has 4 rings (SSSR count). The van der Waals surface area contributed by atoms with Crippen LogP contribution in [0.3, 0.4) is 0 Å². The third kappa shape index (κ3) is 5.20. The number of aromatic nitrogens is 2. The second-order valence-electron chi connectivity index (χ2n) is 6.74. The van der Waals surface area contributed by atoms with Crippen LogP contribution in [0.2, 0.25) is 0 Å². The first-order valence-corrected chi connectivity index (χ1v) is 11.3. The zero-order chi connectivity index (χ0) is 21.1. The van der Waals surface area contributed by atoms with Gasteiger partial charge in [-0.2, -0.15) is 0 Å². The molecule has 0 amide bonds. The lowest BCUT2D eigenvalue weighted by Gasteiger charge is -2.14. The summed E-state index contributed by atoms with van der Waals surface area (Å²) < 4.78 is 44.7. The molecule has 11 heteroatoms. The van der Waals surface area contributed by atoms with Crippen molar-refractivity contribution in [1.82, 2.24) is 9.97 Å². The van der Waals surface area contributed by atoms with Crippen molar-refractivity contribution >= 4 is 44.7 Å². The molecule has 1 aliphatic heterocycles. The fraction of sp³-hybridized carbons (Fsp3) is 0.300. The highest BCUT2D eigenvalue weighted by Crippen LogP contribution is 2.41. The summed E-state index contributed by atoms with van der Waals surface area (Å²) in [4.78, 5) is 8.67. The number of fused-ring (bicyclic) bond motifs is 2. The predicted octanol–water partition coefficient (Wildman–Crippen LogP) is 3.35. The van der Waals surface area contributed by atoms with Gasteiger partial charge in [0.15, 0.2) is 23.0 Å². The van der Waals surface area contributed by atoms with E-state index >= 15 is 0 Å². The Balaban J connectivity index is 0.00000272. The molecule has 0 saturated heterocycles. The molecule has 31 heavy (non-hydrogen) atoms. The van der Waals surface area contributed by atoms with E-state index in [4.69, 9.17) is 18.9 Å². The molecule has 0 atom stereocenters. The maximum atomic E-state index is 11.3. The topological polar surface area (TPSA) is 109 Å². The molecule has 1 aliphatic rings. The molecule has 0 fully saturated rings. The van der Waals surface area contributed by atoms with E-state index in [0.29, 0.717) is 40.8 Å². The summed E-state index contributed by atoms with van der Waals surface area (Å²) in [6.07, 6.45) is 3.04. The number of benzene rings is 2. The molecule has 9 nitrogen and oxygen atoms in total. The number of ether oxygens (including phenoxy) is 4. The van der Waals surface area contributed by atoms with Crippen LogP contribution in [0.4, 0.5) is 11.5 Å². The van der Waals surface area contributed by atoms with Crippen LogP contribution in [-0.2, 0) is 9.84 Å². The van der Waals surface area contributed by atoms with E-state index in [1.54, 1.807) is 12.1 Å². The van der Waals surface area contributed by atoms with E-state index in [0.717, 1.165) is 11.1 Å². The molecule has 0 spiro atoms. The molecule has 0 saturated carbocycles. The van der Waals surface area contributed by atoms with E-state index < -0.39 is 9.84 Å². The largest absolute Gasteiger partial charge is 0.493 e. The number of hydrogen-bond donors (Lipinski definition) is 1. The lowest BCUT2D eigenvalue weighted by Crippen LogP contribution is -2.08. The summed E-state index contributed by atoms with van der Waals surface area (Å²) >= 11 is 0. The van der Waals surface area contributed by atoms with Gasteiger partial charge in [-0.15, -0.1) is 12.4 Å². The average molecular weight is 468 g/mol. The van der Waals surface area contributed by atoms with Crippen molar-refractivity contribution in [3.8, 4) is 23.0 Å². The SMILES string of the molecule is COc1cc2c(Nc3cccc4c3OCO4)ncnc2cc1OCCCS(C)(=O)=O.Cl. The fourth-order valence-electron chi connectivity index (χ4n) is 3.10. The minimum absolute atomic E-state index is 0. The van der Waals surface area contributed by atoms with Crippen LogP contribution in [0.5, 0.6) is 23.0 Å². The van der Waals surface area contributed by atoms with Crippen LogP contribution >= 0.6 is 12.4 Å². The van der Waals surface area contributed by atoms with Crippen LogP contribution in [0.15, 0.2) is 36.7 Å². The van der Waals surface area contributed by atoms with Crippen molar-refractivity contribution in [2.45, 2.75) is 6.42 Å². The number of halogens is 1. The standard InChI is InChI=1S/C20H21N3O6S.ClH/c1-26-17-9-13-15(10-18(17)27-7-4-8-30(2,24)25)21-11-22-20(13)23-14-5-3-6-16-19(14)29-12-28-16;/h3,5-6,9-11H,4,7-8,12H2,1-2H3,(H,21,22,23);1H. The van der Waals surface area contributed by atoms with Crippen molar-refractivity contribution in [1.29, 1.82) is 0 Å². The second-order valence-corrected chi connectivity index (χ2v) is 9.00. The Morgan fingerprint density at radius 3 is 2.77 bits per heavy atom. The van der Waals surface area contributed by atoms with Gasteiger partial charge in [-0.05, 0) is 24.6 Å². The number of rotatable bonds is 8. The summed E-state index contributed by atoms with van der Waals surface area (Å²) in [6, 6.07) is 9.10. The summed E-state index contributed by atoms with van der Waals surface area (Å²) in [5.74, 6) is 2.92. The summed E-state index contributed by atoms with van der Waals surface area (Å²) in [6.45, 7) is 0.422. The van der Waals surface area contributed by atoms with Crippen molar-refractivity contribution in [2.75, 3.05) is 37.8 Å². The first-order valence-electron chi connectivity index (χ1n) is 9.23. The molecular formula is C20H22ClN3O6S. The molecule has 0 radical (unpaired) electrons. The van der Waals surface area contributed by atoms with Crippen LogP contribution in [0, 0.1) is 0 Å². The van der Waals surface area contributed by atoms with E-state index in [2.05, 4.69) is 15.3 Å². The normalized spacial score (nSPS) is 12.3. The maximum absolute atomic E-state index is 11.3. The van der Waals surface area contributed by atoms with Crippen LogP contribution in [-0.4, -0.2) is 50.9 Å². The Kier molecular flexibility index (Phi) is 6.91. The van der Waals surface area contributed by atoms with E-state index in [1.165, 1.54) is 19.7 Å². The van der Waals surface area contributed by atoms with Gasteiger partial charge in [0.25, 0.3) is 0 Å². The smallest absolute Gasteiger partial charge is 0.231 e. The molecule has 2 heterocycles. The number of nitrogens with zero attached hydrogens (tertiary/aromatic N) is 2. The van der Waals surface area contributed by atoms with Crippen LogP contribution in [0.1, 0.15) is 6.42 Å². The number of methoxy groups -OCH3 is 1. The van der Waals surface area contributed by atoms with Crippen LogP contribution in [0.25, 0.3) is 10.9 Å². The van der Waals surface area contributed by atoms with E-state index in [-0.39, 0.29) is 31.6 Å². The molecule has 2 aromatic carbocycles. The van der Waals surface area contributed by atoms with Crippen molar-refractivity contribution in [2.24, 2.45) is 0 Å². The highest BCUT2D eigenvalue weighted by atomic mass is 35.5. The summed E-state index contributed by atoms with van der Waals surface area (Å²) in [5, 5.41) is 4.00. The van der Waals surface area contributed by atoms with E-state index in [1.807, 2.05) is 18.2 Å². The molecule has 1 aromatic heterocycles. The zero-order valence-corrected chi connectivity index (χ0v) is 18.6. The number of anilines is 2. The molecule has 3 aromatic rings. The fourth-order valence-corrected chi connectivity index (χ4v) is 3.74. The van der Waals surface area contributed by atoms with Gasteiger partial charge in [0.1, 0.15) is 22.0 Å². The Morgan fingerprint density at radius 2 is 2.00 bits per heavy atom. The number of hydrogen-bond acceptors (Lipinski definition) is 9. The molecular weight excluding hydrogens is 446 g/mol. The van der Waals surface area contributed by atoms with Gasteiger partial charge in [-0.25, -0.2) is 18.4 Å². The number of nitrogens with one attached hydrogen (secondary N) is 1. The third-order valence-electron chi connectivity index (χ3n) is 4.49. The van der Waals surface area contributed by atoms with Gasteiger partial charge in [-0.1, -0.05) is 6.07 Å². The van der Waals surface area contributed by atoms with Gasteiger partial charge in [0, 0.05) is 17.7 Å². The molecule has 1 N–H and O–H groups in total. The van der Waals surface area contributed by atoms with Gasteiger partial charge < -0.3 is 24.3 Å². The lowest BCUT2D eigenvalue weighted by atomic mass is 10.2. The predicted molar refractivity (Wildman–Crippen MR) is 119 cm³/mol. The summed E-state index contributed by atoms with van der Waals surface area (Å²) in [7, 11) is -1.49. The monoisotopic (exact) mass is 467 g/mol. The molecule has 0 bridgehead atoms. The lowest BCUT2D eigenvalue weighted by molar-refractivity contribution is 0.174. The van der Waals surface area contributed by atoms with Crippen molar-refractivity contribution in [3.63, 3.8) is 0 Å². The number of sulfone groups is 1. The Labute approximate surface area is 186 Å². The highest BCUT2D eigenvalue weighted by Gasteiger charge is 2.19. The second kappa shape index (κ2) is 9.44. The van der Waals surface area contributed by atoms with Gasteiger partial charge in [0.05, 0.1) is 30.7 Å². The molecule has 0 aliphatic carbocycles. The van der Waals surface area contributed by atoms with Gasteiger partial charge >= 0.3 is 0 Å². The summed E-state index contributed by atoms with van der Waals surface area (Å²) in [5.41, 5.74) is 1.38. The van der Waals surface area contributed by atoms with Crippen LogP contribution < -0.4 is 24.3 Å². The highest BCUT2D eigenvalue weighted by molar-refractivity contribution is 7.90. The zero-order valence-electron chi connectivity index (χ0n) is 17.0. The number of para-hydroxylation sites is 1. The maximum Gasteiger partial charge on any atom is 0.231 e. The Hall–Kier alpha value is -2.98. The minimum atomic E-state index is -3.03. The quantitative estimate of drug-likeness (QED) is 0.498. The van der Waals surface area contributed by atoms with Gasteiger partial charge in [0.2, 0.25) is 6.79 Å². The van der Waals surface area contributed by atoms with Crippen molar-refractivity contribution < 1.29 is 27.4 Å². The van der Waals surface area contributed by atoms with Crippen molar-refractivity contribution in [3.05, 3.63) is 36.7 Å². The molecule has 0 unspecified atom stereocenters.